The summed E-state index contributed by atoms with van der Waals surface area (Å²) < 4.78 is 38.2. The first-order valence-corrected chi connectivity index (χ1v) is 9.65. The largest absolute Gasteiger partial charge is 0.351 e. The van der Waals surface area contributed by atoms with Gasteiger partial charge in [0.05, 0.1) is 6.26 Å². The van der Waals surface area contributed by atoms with E-state index in [0.717, 1.165) is 17.4 Å². The number of amides is 1. The molecule has 2 aromatic rings. The molecule has 0 aliphatic heterocycles. The molecule has 0 atom stereocenters. The number of benzene rings is 2. The molecule has 1 N–H and O–H groups in total. The average molecular weight is 364 g/mol. The van der Waals surface area contributed by atoms with E-state index in [0.29, 0.717) is 5.56 Å². The topological polar surface area (TPSA) is 66.5 Å². The van der Waals surface area contributed by atoms with Crippen molar-refractivity contribution >= 4 is 15.9 Å². The van der Waals surface area contributed by atoms with Crippen LogP contribution in [0.2, 0.25) is 0 Å². The summed E-state index contributed by atoms with van der Waals surface area (Å²) in [5.41, 5.74) is 2.25. The molecule has 0 aromatic heterocycles. The van der Waals surface area contributed by atoms with Crippen LogP contribution in [-0.2, 0) is 16.6 Å². The predicted octanol–water partition coefficient (Wildman–Crippen LogP) is 2.33. The van der Waals surface area contributed by atoms with Gasteiger partial charge in [-0.1, -0.05) is 24.3 Å². The summed E-state index contributed by atoms with van der Waals surface area (Å²) in [6, 6.07) is 12.7. The Hall–Kier alpha value is -2.25. The Morgan fingerprint density at radius 3 is 2.36 bits per heavy atom. The molecule has 0 aliphatic carbocycles. The molecule has 7 heteroatoms. The highest BCUT2D eigenvalue weighted by Gasteiger charge is 2.18. The number of halogens is 1. The quantitative estimate of drug-likeness (QED) is 0.820. The molecule has 0 spiro atoms. The number of carbonyl (C=O) groups excluding carboxylic acids is 1. The van der Waals surface area contributed by atoms with E-state index >= 15 is 0 Å². The van der Waals surface area contributed by atoms with Gasteiger partial charge in [-0.25, -0.2) is 12.8 Å². The van der Waals surface area contributed by atoms with Crippen molar-refractivity contribution in [2.24, 2.45) is 0 Å². The molecule has 134 valence electrons. The Labute approximate surface area is 147 Å². The van der Waals surface area contributed by atoms with Crippen molar-refractivity contribution in [1.29, 1.82) is 0 Å². The molecule has 0 saturated heterocycles. The number of nitrogens with zero attached hydrogens (tertiary/aromatic N) is 1. The third-order valence-corrected chi connectivity index (χ3v) is 5.08. The van der Waals surface area contributed by atoms with Crippen LogP contribution in [0.1, 0.15) is 21.5 Å². The van der Waals surface area contributed by atoms with E-state index in [1.807, 2.05) is 31.2 Å². The highest BCUT2D eigenvalue weighted by molar-refractivity contribution is 7.88. The summed E-state index contributed by atoms with van der Waals surface area (Å²) in [6.45, 7) is 2.49. The van der Waals surface area contributed by atoms with Gasteiger partial charge in [0.15, 0.2) is 0 Å². The second-order valence-electron chi connectivity index (χ2n) is 5.79. The van der Waals surface area contributed by atoms with Gasteiger partial charge in [0.2, 0.25) is 10.0 Å². The molecule has 25 heavy (non-hydrogen) atoms. The molecular formula is C18H21FN2O3S. The van der Waals surface area contributed by atoms with E-state index in [-0.39, 0.29) is 25.5 Å². The van der Waals surface area contributed by atoms with Gasteiger partial charge in [0.1, 0.15) is 5.82 Å². The van der Waals surface area contributed by atoms with Gasteiger partial charge in [-0.3, -0.25) is 4.79 Å². The van der Waals surface area contributed by atoms with Crippen molar-refractivity contribution in [3.05, 3.63) is 71.0 Å². The molecule has 0 aliphatic rings. The predicted molar refractivity (Wildman–Crippen MR) is 95.2 cm³/mol. The fourth-order valence-corrected chi connectivity index (χ4v) is 3.13. The van der Waals surface area contributed by atoms with Gasteiger partial charge in [-0.15, -0.1) is 0 Å². The lowest BCUT2D eigenvalue weighted by molar-refractivity contribution is 0.0951. The lowest BCUT2D eigenvalue weighted by atomic mass is 10.1. The van der Waals surface area contributed by atoms with Crippen LogP contribution in [0.4, 0.5) is 4.39 Å². The maximum absolute atomic E-state index is 12.9. The van der Waals surface area contributed by atoms with Crippen molar-refractivity contribution in [3.63, 3.8) is 0 Å². The molecular weight excluding hydrogens is 343 g/mol. The van der Waals surface area contributed by atoms with E-state index < -0.39 is 15.8 Å². The van der Waals surface area contributed by atoms with Crippen molar-refractivity contribution in [1.82, 2.24) is 9.62 Å². The fraction of sp³-hybridized carbons (Fsp3) is 0.278. The zero-order valence-corrected chi connectivity index (χ0v) is 15.0. The monoisotopic (exact) mass is 364 g/mol. The lowest BCUT2D eigenvalue weighted by Gasteiger charge is -2.21. The number of carbonyl (C=O) groups is 1. The van der Waals surface area contributed by atoms with Gasteiger partial charge in [0.25, 0.3) is 5.91 Å². The summed E-state index contributed by atoms with van der Waals surface area (Å²) in [5.74, 6) is -0.789. The average Bonchev–Trinajstić information content (AvgIpc) is 2.55. The smallest absolute Gasteiger partial charge is 0.251 e. The normalized spacial score (nSPS) is 11.5. The first-order chi connectivity index (χ1) is 11.8. The number of hydrogen-bond donors (Lipinski definition) is 1. The first kappa shape index (κ1) is 19.1. The number of nitrogens with one attached hydrogen (secondary N) is 1. The third kappa shape index (κ3) is 5.65. The molecule has 0 bridgehead atoms. The van der Waals surface area contributed by atoms with E-state index in [1.165, 1.54) is 28.6 Å². The Morgan fingerprint density at radius 2 is 1.76 bits per heavy atom. The highest BCUT2D eigenvalue weighted by atomic mass is 32.2. The minimum Gasteiger partial charge on any atom is -0.351 e. The zero-order chi connectivity index (χ0) is 18.4. The summed E-state index contributed by atoms with van der Waals surface area (Å²) >= 11 is 0. The Morgan fingerprint density at radius 1 is 1.12 bits per heavy atom. The van der Waals surface area contributed by atoms with Gasteiger partial charge < -0.3 is 5.32 Å². The maximum atomic E-state index is 12.9. The maximum Gasteiger partial charge on any atom is 0.251 e. The summed E-state index contributed by atoms with van der Waals surface area (Å²) in [5, 5.41) is 2.65. The second kappa shape index (κ2) is 8.22. The van der Waals surface area contributed by atoms with E-state index in [1.54, 1.807) is 0 Å². The first-order valence-electron chi connectivity index (χ1n) is 7.81. The van der Waals surface area contributed by atoms with Crippen molar-refractivity contribution in [2.45, 2.75) is 13.5 Å². The standard InChI is InChI=1S/C18H21FN2O3S/c1-14-5-3-4-6-16(14)13-21(25(2,23)24)12-11-20-18(22)15-7-9-17(19)10-8-15/h3-10H,11-13H2,1-2H3,(H,20,22). The van der Waals surface area contributed by atoms with Crippen LogP contribution >= 0.6 is 0 Å². The molecule has 0 unspecified atom stereocenters. The van der Waals surface area contributed by atoms with Crippen LogP contribution in [0.25, 0.3) is 0 Å². The van der Waals surface area contributed by atoms with Crippen LogP contribution in [0, 0.1) is 12.7 Å². The summed E-state index contributed by atoms with van der Waals surface area (Å²) in [4.78, 5) is 12.0. The summed E-state index contributed by atoms with van der Waals surface area (Å²) in [6.07, 6.45) is 1.15. The Balaban J connectivity index is 1.98. The second-order valence-corrected chi connectivity index (χ2v) is 7.77. The number of rotatable bonds is 7. The molecule has 0 heterocycles. The van der Waals surface area contributed by atoms with Crippen LogP contribution in [0.15, 0.2) is 48.5 Å². The number of sulfonamides is 1. The fourth-order valence-electron chi connectivity index (χ4n) is 2.34. The lowest BCUT2D eigenvalue weighted by Crippen LogP contribution is -2.37. The molecule has 1 amide bonds. The van der Waals surface area contributed by atoms with Crippen LogP contribution < -0.4 is 5.32 Å². The molecule has 0 fully saturated rings. The molecule has 2 aromatic carbocycles. The molecule has 0 radical (unpaired) electrons. The van der Waals surface area contributed by atoms with E-state index in [4.69, 9.17) is 0 Å². The van der Waals surface area contributed by atoms with Gasteiger partial charge in [-0.2, -0.15) is 4.31 Å². The minimum absolute atomic E-state index is 0.153. The molecule has 5 nitrogen and oxygen atoms in total. The highest BCUT2D eigenvalue weighted by Crippen LogP contribution is 2.12. The van der Waals surface area contributed by atoms with E-state index in [2.05, 4.69) is 5.32 Å². The van der Waals surface area contributed by atoms with Crippen LogP contribution in [-0.4, -0.2) is 38.0 Å². The van der Waals surface area contributed by atoms with Gasteiger partial charge in [0, 0.05) is 25.2 Å². The third-order valence-electron chi connectivity index (χ3n) is 3.83. The molecule has 0 saturated carbocycles. The van der Waals surface area contributed by atoms with Crippen molar-refractivity contribution in [3.8, 4) is 0 Å². The van der Waals surface area contributed by atoms with Gasteiger partial charge in [-0.05, 0) is 42.3 Å². The van der Waals surface area contributed by atoms with Crippen molar-refractivity contribution < 1.29 is 17.6 Å². The number of hydrogen-bond acceptors (Lipinski definition) is 3. The van der Waals surface area contributed by atoms with Crippen LogP contribution in [0.5, 0.6) is 0 Å². The Kier molecular flexibility index (Phi) is 6.27. The zero-order valence-electron chi connectivity index (χ0n) is 14.2. The SMILES string of the molecule is Cc1ccccc1CN(CCNC(=O)c1ccc(F)cc1)S(C)(=O)=O. The Bertz CT molecular complexity index is 836. The minimum atomic E-state index is -3.42. The molecule has 2 rings (SSSR count). The summed E-state index contributed by atoms with van der Waals surface area (Å²) in [7, 11) is -3.42. The number of aryl methyl sites for hydroxylation is 1. The van der Waals surface area contributed by atoms with Crippen LogP contribution in [0.3, 0.4) is 0 Å². The van der Waals surface area contributed by atoms with E-state index in [9.17, 15) is 17.6 Å². The van der Waals surface area contributed by atoms with Gasteiger partial charge >= 0.3 is 0 Å². The van der Waals surface area contributed by atoms with Crippen molar-refractivity contribution in [2.75, 3.05) is 19.3 Å².